The third-order valence-electron chi connectivity index (χ3n) is 3.39. The third-order valence-corrected chi connectivity index (χ3v) is 3.39. The third kappa shape index (κ3) is 3.36. The number of rotatable bonds is 4. The van der Waals surface area contributed by atoms with Crippen molar-refractivity contribution in [2.75, 3.05) is 6.54 Å². The zero-order valence-corrected chi connectivity index (χ0v) is 11.7. The summed E-state index contributed by atoms with van der Waals surface area (Å²) >= 11 is 0. The standard InChI is InChI=1S/C15H20N2O3/c1-15(2,8-10-6-4-3-5-7-10)17-14(20)12-11(18)9-16-13(12)19/h3-7,11-12,18H,8-9H2,1-2H3,(H,16,19)(H,17,20). The summed E-state index contributed by atoms with van der Waals surface area (Å²) in [6, 6.07) is 9.81. The van der Waals surface area contributed by atoms with Crippen LogP contribution in [0.3, 0.4) is 0 Å². The Labute approximate surface area is 118 Å². The van der Waals surface area contributed by atoms with E-state index in [-0.39, 0.29) is 6.54 Å². The summed E-state index contributed by atoms with van der Waals surface area (Å²) in [6.45, 7) is 3.93. The molecule has 20 heavy (non-hydrogen) atoms. The second kappa shape index (κ2) is 5.63. The van der Waals surface area contributed by atoms with E-state index in [0.717, 1.165) is 5.56 Å². The van der Waals surface area contributed by atoms with Gasteiger partial charge in [0.25, 0.3) is 0 Å². The molecule has 2 unspecified atom stereocenters. The van der Waals surface area contributed by atoms with Gasteiger partial charge in [0.2, 0.25) is 11.8 Å². The topological polar surface area (TPSA) is 78.4 Å². The number of aliphatic hydroxyl groups excluding tert-OH is 1. The van der Waals surface area contributed by atoms with Gasteiger partial charge in [0.1, 0.15) is 5.92 Å². The monoisotopic (exact) mass is 276 g/mol. The van der Waals surface area contributed by atoms with Crippen molar-refractivity contribution < 1.29 is 14.7 Å². The van der Waals surface area contributed by atoms with Crippen molar-refractivity contribution in [1.29, 1.82) is 0 Å². The number of nitrogens with one attached hydrogen (secondary N) is 2. The number of amides is 2. The highest BCUT2D eigenvalue weighted by atomic mass is 16.3. The van der Waals surface area contributed by atoms with Crippen LogP contribution in [-0.4, -0.2) is 35.1 Å². The van der Waals surface area contributed by atoms with Crippen molar-refractivity contribution in [2.24, 2.45) is 5.92 Å². The van der Waals surface area contributed by atoms with Gasteiger partial charge in [0.15, 0.2) is 0 Å². The highest BCUT2D eigenvalue weighted by Crippen LogP contribution is 2.16. The first-order valence-electron chi connectivity index (χ1n) is 6.71. The van der Waals surface area contributed by atoms with E-state index in [1.807, 2.05) is 44.2 Å². The van der Waals surface area contributed by atoms with Crippen molar-refractivity contribution >= 4 is 11.8 Å². The van der Waals surface area contributed by atoms with Gasteiger partial charge >= 0.3 is 0 Å². The Balaban J connectivity index is 2.01. The molecular formula is C15H20N2O3. The minimum atomic E-state index is -1.01. The van der Waals surface area contributed by atoms with Gasteiger partial charge in [-0.15, -0.1) is 0 Å². The molecule has 2 rings (SSSR count). The Hall–Kier alpha value is -1.88. The van der Waals surface area contributed by atoms with Crippen LogP contribution in [0.15, 0.2) is 30.3 Å². The molecule has 1 heterocycles. The van der Waals surface area contributed by atoms with Crippen LogP contribution in [0.1, 0.15) is 19.4 Å². The van der Waals surface area contributed by atoms with Crippen molar-refractivity contribution in [3.8, 4) is 0 Å². The van der Waals surface area contributed by atoms with Crippen molar-refractivity contribution in [2.45, 2.75) is 31.9 Å². The molecule has 0 radical (unpaired) electrons. The molecule has 1 fully saturated rings. The maximum Gasteiger partial charge on any atom is 0.235 e. The average molecular weight is 276 g/mol. The average Bonchev–Trinajstić information content (AvgIpc) is 2.69. The van der Waals surface area contributed by atoms with E-state index in [4.69, 9.17) is 0 Å². The van der Waals surface area contributed by atoms with Crippen LogP contribution in [0.4, 0.5) is 0 Å². The lowest BCUT2D eigenvalue weighted by Gasteiger charge is -2.28. The SMILES string of the molecule is CC(C)(Cc1ccccc1)NC(=O)C1C(=O)NCC1O. The van der Waals surface area contributed by atoms with Crippen molar-refractivity contribution in [1.82, 2.24) is 10.6 Å². The molecule has 0 aliphatic carbocycles. The maximum absolute atomic E-state index is 12.1. The van der Waals surface area contributed by atoms with E-state index in [1.54, 1.807) is 0 Å². The minimum absolute atomic E-state index is 0.135. The molecule has 108 valence electrons. The second-order valence-electron chi connectivity index (χ2n) is 5.83. The van der Waals surface area contributed by atoms with E-state index in [1.165, 1.54) is 0 Å². The molecule has 1 saturated heterocycles. The number of hydrogen-bond donors (Lipinski definition) is 3. The summed E-state index contributed by atoms with van der Waals surface area (Å²) in [6.07, 6.45) is -0.292. The Bertz CT molecular complexity index is 499. The van der Waals surface area contributed by atoms with Gasteiger partial charge < -0.3 is 15.7 Å². The molecule has 5 heteroatoms. The molecule has 0 saturated carbocycles. The molecule has 1 aromatic carbocycles. The van der Waals surface area contributed by atoms with Gasteiger partial charge in [0, 0.05) is 12.1 Å². The summed E-state index contributed by atoms with van der Waals surface area (Å²) in [5.74, 6) is -1.84. The molecule has 3 N–H and O–H groups in total. The molecule has 1 aromatic rings. The van der Waals surface area contributed by atoms with E-state index < -0.39 is 29.4 Å². The lowest BCUT2D eigenvalue weighted by Crippen LogP contribution is -2.50. The highest BCUT2D eigenvalue weighted by Gasteiger charge is 2.40. The van der Waals surface area contributed by atoms with Gasteiger partial charge in [-0.25, -0.2) is 0 Å². The van der Waals surface area contributed by atoms with Crippen LogP contribution in [-0.2, 0) is 16.0 Å². The van der Waals surface area contributed by atoms with Gasteiger partial charge in [-0.2, -0.15) is 0 Å². The predicted molar refractivity (Wildman–Crippen MR) is 74.9 cm³/mol. The van der Waals surface area contributed by atoms with Crippen LogP contribution < -0.4 is 10.6 Å². The largest absolute Gasteiger partial charge is 0.390 e. The zero-order valence-electron chi connectivity index (χ0n) is 11.7. The van der Waals surface area contributed by atoms with Crippen molar-refractivity contribution in [3.05, 3.63) is 35.9 Å². The van der Waals surface area contributed by atoms with Crippen LogP contribution in [0.25, 0.3) is 0 Å². The number of aliphatic hydroxyl groups is 1. The molecule has 0 aromatic heterocycles. The van der Waals surface area contributed by atoms with Crippen LogP contribution in [0.5, 0.6) is 0 Å². The smallest absolute Gasteiger partial charge is 0.235 e. The van der Waals surface area contributed by atoms with Crippen LogP contribution in [0.2, 0.25) is 0 Å². The Morgan fingerprint density at radius 3 is 2.60 bits per heavy atom. The summed E-state index contributed by atoms with van der Waals surface area (Å²) in [5, 5.41) is 15.0. The van der Waals surface area contributed by atoms with Gasteiger partial charge in [0.05, 0.1) is 6.10 Å². The van der Waals surface area contributed by atoms with Gasteiger partial charge in [-0.1, -0.05) is 30.3 Å². The van der Waals surface area contributed by atoms with E-state index in [0.29, 0.717) is 6.42 Å². The molecule has 1 aliphatic rings. The van der Waals surface area contributed by atoms with E-state index >= 15 is 0 Å². The summed E-state index contributed by atoms with van der Waals surface area (Å²) < 4.78 is 0. The molecule has 0 spiro atoms. The second-order valence-corrected chi connectivity index (χ2v) is 5.83. The lowest BCUT2D eigenvalue weighted by atomic mass is 9.93. The van der Waals surface area contributed by atoms with E-state index in [9.17, 15) is 14.7 Å². The molecule has 1 aliphatic heterocycles. The molecule has 0 bridgehead atoms. The predicted octanol–water partition coefficient (Wildman–Crippen LogP) is 0.231. The fraction of sp³-hybridized carbons (Fsp3) is 0.467. The number of hydrogen-bond acceptors (Lipinski definition) is 3. The first-order valence-corrected chi connectivity index (χ1v) is 6.71. The molecule has 2 atom stereocenters. The maximum atomic E-state index is 12.1. The Kier molecular flexibility index (Phi) is 4.09. The Morgan fingerprint density at radius 2 is 2.05 bits per heavy atom. The number of carbonyl (C=O) groups excluding carboxylic acids is 2. The summed E-state index contributed by atoms with van der Waals surface area (Å²) in [5.41, 5.74) is 0.621. The molecule has 2 amide bonds. The summed E-state index contributed by atoms with van der Waals surface area (Å²) in [4.78, 5) is 23.7. The number of benzene rings is 1. The van der Waals surface area contributed by atoms with E-state index in [2.05, 4.69) is 10.6 Å². The fourth-order valence-corrected chi connectivity index (χ4v) is 2.46. The van der Waals surface area contributed by atoms with Crippen LogP contribution in [0, 0.1) is 5.92 Å². The molecular weight excluding hydrogens is 256 g/mol. The van der Waals surface area contributed by atoms with Crippen LogP contribution >= 0.6 is 0 Å². The highest BCUT2D eigenvalue weighted by molar-refractivity contribution is 6.02. The molecule has 5 nitrogen and oxygen atoms in total. The van der Waals surface area contributed by atoms with Gasteiger partial charge in [-0.05, 0) is 25.8 Å². The minimum Gasteiger partial charge on any atom is -0.390 e. The summed E-state index contributed by atoms with van der Waals surface area (Å²) in [7, 11) is 0. The Morgan fingerprint density at radius 1 is 1.40 bits per heavy atom. The lowest BCUT2D eigenvalue weighted by molar-refractivity contribution is -0.136. The first-order chi connectivity index (χ1) is 9.39. The fourth-order valence-electron chi connectivity index (χ4n) is 2.46. The number of carbonyl (C=O) groups is 2. The van der Waals surface area contributed by atoms with Crippen molar-refractivity contribution in [3.63, 3.8) is 0 Å². The normalized spacial score (nSPS) is 22.4. The quantitative estimate of drug-likeness (QED) is 0.689. The number of β-amino-alcohol motifs (C(OH)–C–C–N with tert-alkyl or cyclic N) is 1. The zero-order chi connectivity index (χ0) is 14.8. The van der Waals surface area contributed by atoms with Gasteiger partial charge in [-0.3, -0.25) is 9.59 Å². The first kappa shape index (κ1) is 14.5.